The van der Waals surface area contributed by atoms with Gasteiger partial charge in [-0.15, -0.1) is 0 Å². The molecule has 5 nitrogen and oxygen atoms in total. The van der Waals surface area contributed by atoms with Crippen molar-refractivity contribution in [3.8, 4) is 11.5 Å². The quantitative estimate of drug-likeness (QED) is 0.101. The van der Waals surface area contributed by atoms with Gasteiger partial charge < -0.3 is 9.47 Å². The molecule has 42 heavy (non-hydrogen) atoms. The van der Waals surface area contributed by atoms with E-state index in [0.29, 0.717) is 24.3 Å². The molecular weight excluding hydrogens is 543 g/mol. The van der Waals surface area contributed by atoms with Crippen molar-refractivity contribution in [3.05, 3.63) is 86.0 Å². The van der Waals surface area contributed by atoms with Crippen molar-refractivity contribution in [2.75, 3.05) is 13.2 Å². The number of ketones is 2. The SMILES string of the molecule is CCCCCOc1c(P=O)cc(C(=O)c2c(C)cc(C)cc2C)c(OCCCCC)c1C(=O)c1c(C)cc(C)cc1C. The average molecular weight is 589 g/mol. The fourth-order valence-electron chi connectivity index (χ4n) is 5.76. The molecule has 0 radical (unpaired) electrons. The molecule has 6 heteroatoms. The van der Waals surface area contributed by atoms with Crippen LogP contribution in [0.4, 0.5) is 0 Å². The molecule has 0 saturated carbocycles. The molecule has 3 aromatic rings. The Morgan fingerprint density at radius 2 is 1.02 bits per heavy atom. The molecule has 0 N–H and O–H groups in total. The lowest BCUT2D eigenvalue weighted by atomic mass is 9.88. The van der Waals surface area contributed by atoms with E-state index in [9.17, 15) is 14.2 Å². The van der Waals surface area contributed by atoms with Crippen LogP contribution in [-0.2, 0) is 4.57 Å². The van der Waals surface area contributed by atoms with Crippen molar-refractivity contribution in [1.29, 1.82) is 0 Å². The highest BCUT2D eigenvalue weighted by Gasteiger charge is 2.32. The minimum absolute atomic E-state index is 0.171. The van der Waals surface area contributed by atoms with E-state index in [0.717, 1.165) is 71.9 Å². The third kappa shape index (κ3) is 7.55. The van der Waals surface area contributed by atoms with Gasteiger partial charge in [-0.2, -0.15) is 0 Å². The largest absolute Gasteiger partial charge is 0.492 e. The number of hydrogen-bond acceptors (Lipinski definition) is 5. The van der Waals surface area contributed by atoms with Crippen LogP contribution < -0.4 is 14.8 Å². The van der Waals surface area contributed by atoms with Gasteiger partial charge in [-0.1, -0.05) is 74.9 Å². The van der Waals surface area contributed by atoms with E-state index in [1.165, 1.54) is 0 Å². The van der Waals surface area contributed by atoms with Gasteiger partial charge in [0.05, 0.1) is 24.1 Å². The van der Waals surface area contributed by atoms with Crippen LogP contribution in [0.2, 0.25) is 0 Å². The average Bonchev–Trinajstić information content (AvgIpc) is 2.91. The Balaban J connectivity index is 2.38. The Bertz CT molecular complexity index is 1420. The molecule has 0 fully saturated rings. The van der Waals surface area contributed by atoms with Crippen LogP contribution in [0.25, 0.3) is 0 Å². The molecule has 0 heterocycles. The zero-order chi connectivity index (χ0) is 31.0. The number of unbranched alkanes of at least 4 members (excludes halogenated alkanes) is 4. The fraction of sp³-hybridized carbons (Fsp3) is 0.444. The second-order valence-corrected chi connectivity index (χ2v) is 12.0. The molecule has 3 rings (SSSR count). The number of carbonyl (C=O) groups excluding carboxylic acids is 2. The Hall–Kier alpha value is -3.30. The summed E-state index contributed by atoms with van der Waals surface area (Å²) in [6.45, 7) is 16.6. The van der Waals surface area contributed by atoms with Crippen LogP contribution in [0.5, 0.6) is 11.5 Å². The molecule has 0 bridgehead atoms. The first-order valence-corrected chi connectivity index (χ1v) is 15.9. The van der Waals surface area contributed by atoms with Crippen molar-refractivity contribution >= 4 is 25.3 Å². The Kier molecular flexibility index (Phi) is 12.1. The molecule has 0 aliphatic heterocycles. The predicted octanol–water partition coefficient (Wildman–Crippen LogP) is 9.05. The fourth-order valence-corrected chi connectivity index (χ4v) is 6.20. The third-order valence-electron chi connectivity index (χ3n) is 7.58. The van der Waals surface area contributed by atoms with E-state index in [-0.39, 0.29) is 48.0 Å². The predicted molar refractivity (Wildman–Crippen MR) is 172 cm³/mol. The third-order valence-corrected chi connectivity index (χ3v) is 8.11. The highest BCUT2D eigenvalue weighted by atomic mass is 31.1. The smallest absolute Gasteiger partial charge is 0.201 e. The maximum Gasteiger partial charge on any atom is 0.201 e. The van der Waals surface area contributed by atoms with Crippen LogP contribution in [0.15, 0.2) is 30.3 Å². The number of ether oxygens (including phenoxy) is 2. The number of carbonyl (C=O) groups is 2. The monoisotopic (exact) mass is 588 g/mol. The topological polar surface area (TPSA) is 69.7 Å². The summed E-state index contributed by atoms with van der Waals surface area (Å²) in [7, 11) is -0.338. The Labute approximate surface area is 253 Å². The zero-order valence-corrected chi connectivity index (χ0v) is 27.4. The summed E-state index contributed by atoms with van der Waals surface area (Å²) >= 11 is 0. The van der Waals surface area contributed by atoms with E-state index < -0.39 is 0 Å². The van der Waals surface area contributed by atoms with E-state index in [1.54, 1.807) is 6.07 Å². The highest BCUT2D eigenvalue weighted by Crippen LogP contribution is 2.38. The summed E-state index contributed by atoms with van der Waals surface area (Å²) in [5.74, 6) is -0.119. The first kappa shape index (κ1) is 33.2. The van der Waals surface area contributed by atoms with Crippen molar-refractivity contribution < 1.29 is 23.6 Å². The summed E-state index contributed by atoms with van der Waals surface area (Å²) in [4.78, 5) is 28.9. The molecule has 0 atom stereocenters. The number of benzene rings is 3. The minimum atomic E-state index is -0.338. The van der Waals surface area contributed by atoms with Crippen LogP contribution in [-0.4, -0.2) is 24.8 Å². The van der Waals surface area contributed by atoms with Crippen LogP contribution in [0.3, 0.4) is 0 Å². The summed E-state index contributed by atoms with van der Waals surface area (Å²) in [5, 5.41) is 0.268. The van der Waals surface area contributed by atoms with Crippen molar-refractivity contribution in [3.63, 3.8) is 0 Å². The standard InChI is InChI=1S/C36H45O5P/c1-9-11-13-15-40-35-28(33(37)30-24(5)17-22(3)18-25(30)6)21-29(42-39)36(41-16-14-12-10-2)32(35)34(38)31-26(7)19-23(4)20-27(31)8/h17-21H,9-16H2,1-8H3. The molecular formula is C36H45O5P. The number of rotatable bonds is 15. The summed E-state index contributed by atoms with van der Waals surface area (Å²) in [6.07, 6.45) is 5.50. The van der Waals surface area contributed by atoms with Crippen molar-refractivity contribution in [1.82, 2.24) is 0 Å². The normalized spacial score (nSPS) is 11.1. The van der Waals surface area contributed by atoms with Crippen molar-refractivity contribution in [2.24, 2.45) is 0 Å². The lowest BCUT2D eigenvalue weighted by molar-refractivity contribution is 0.102. The molecule has 0 unspecified atom stereocenters. The van der Waals surface area contributed by atoms with Crippen molar-refractivity contribution in [2.45, 2.75) is 93.9 Å². The molecule has 0 aliphatic rings. The maximum atomic E-state index is 14.6. The van der Waals surface area contributed by atoms with Gasteiger partial charge in [-0.3, -0.25) is 14.2 Å². The second kappa shape index (κ2) is 15.3. The van der Waals surface area contributed by atoms with Gasteiger partial charge in [0, 0.05) is 11.1 Å². The summed E-state index contributed by atoms with van der Waals surface area (Å²) in [5.41, 5.74) is 6.96. The van der Waals surface area contributed by atoms with Gasteiger partial charge in [0.15, 0.2) is 14.2 Å². The molecule has 0 aliphatic carbocycles. The van der Waals surface area contributed by atoms with Gasteiger partial charge in [0.1, 0.15) is 17.1 Å². The second-order valence-electron chi connectivity index (χ2n) is 11.4. The first-order chi connectivity index (χ1) is 20.0. The molecule has 224 valence electrons. The first-order valence-electron chi connectivity index (χ1n) is 15.1. The molecule has 3 aromatic carbocycles. The molecule has 0 saturated heterocycles. The molecule has 0 amide bonds. The zero-order valence-electron chi connectivity index (χ0n) is 26.5. The highest BCUT2D eigenvalue weighted by molar-refractivity contribution is 7.34. The Morgan fingerprint density at radius 1 is 0.595 bits per heavy atom. The molecule has 0 spiro atoms. The van der Waals surface area contributed by atoms with E-state index in [1.807, 2.05) is 65.8 Å². The van der Waals surface area contributed by atoms with Gasteiger partial charge >= 0.3 is 0 Å². The summed E-state index contributed by atoms with van der Waals surface area (Å²) < 4.78 is 25.3. The van der Waals surface area contributed by atoms with E-state index in [2.05, 4.69) is 13.8 Å². The minimum Gasteiger partial charge on any atom is -0.492 e. The number of aryl methyl sites for hydroxylation is 6. The Morgan fingerprint density at radius 3 is 1.45 bits per heavy atom. The van der Waals surface area contributed by atoms with Crippen LogP contribution in [0, 0.1) is 41.5 Å². The maximum absolute atomic E-state index is 14.6. The van der Waals surface area contributed by atoms with Gasteiger partial charge in [-0.25, -0.2) is 0 Å². The van der Waals surface area contributed by atoms with Crippen LogP contribution >= 0.6 is 8.46 Å². The molecule has 0 aromatic heterocycles. The van der Waals surface area contributed by atoms with E-state index in [4.69, 9.17) is 9.47 Å². The van der Waals surface area contributed by atoms with Crippen LogP contribution in [0.1, 0.15) is 118 Å². The van der Waals surface area contributed by atoms with Gasteiger partial charge in [0.2, 0.25) is 5.78 Å². The lowest BCUT2D eigenvalue weighted by Crippen LogP contribution is -2.20. The number of hydrogen-bond donors (Lipinski definition) is 0. The van der Waals surface area contributed by atoms with Gasteiger partial charge in [0.25, 0.3) is 0 Å². The van der Waals surface area contributed by atoms with E-state index >= 15 is 0 Å². The lowest BCUT2D eigenvalue weighted by Gasteiger charge is -2.22. The van der Waals surface area contributed by atoms with Gasteiger partial charge in [-0.05, 0) is 82.7 Å². The summed E-state index contributed by atoms with van der Waals surface area (Å²) in [6, 6.07) is 9.50.